The molecule has 1 fully saturated rings. The Balaban J connectivity index is 2.09. The minimum Gasteiger partial charge on any atom is -0.300 e. The second kappa shape index (κ2) is 4.12. The number of nitrogens with zero attached hydrogens (tertiary/aromatic N) is 1. The van der Waals surface area contributed by atoms with E-state index < -0.39 is 0 Å². The predicted octanol–water partition coefficient (Wildman–Crippen LogP) is 2.05. The van der Waals surface area contributed by atoms with Crippen molar-refractivity contribution < 1.29 is 4.79 Å². The summed E-state index contributed by atoms with van der Waals surface area (Å²) in [4.78, 5) is 10.8. The lowest BCUT2D eigenvalue weighted by Gasteiger charge is -2.03. The van der Waals surface area contributed by atoms with Gasteiger partial charge in [0, 0.05) is 19.3 Å². The molecule has 0 N–H and O–H groups in total. The molecule has 0 aromatic carbocycles. The highest BCUT2D eigenvalue weighted by Gasteiger charge is 2.20. The van der Waals surface area contributed by atoms with E-state index in [2.05, 4.69) is 6.07 Å². The zero-order valence-electron chi connectivity index (χ0n) is 6.68. The lowest BCUT2D eigenvalue weighted by Crippen LogP contribution is -1.94. The van der Waals surface area contributed by atoms with Gasteiger partial charge < -0.3 is 0 Å². The van der Waals surface area contributed by atoms with Gasteiger partial charge in [-0.1, -0.05) is 0 Å². The number of carbonyl (C=O) groups is 1. The second-order valence-electron chi connectivity index (χ2n) is 3.20. The van der Waals surface area contributed by atoms with Crippen molar-refractivity contribution >= 4 is 5.78 Å². The second-order valence-corrected chi connectivity index (χ2v) is 3.20. The van der Waals surface area contributed by atoms with E-state index in [9.17, 15) is 4.79 Å². The Morgan fingerprint density at radius 1 is 1.64 bits per heavy atom. The highest BCUT2D eigenvalue weighted by Crippen LogP contribution is 2.26. The van der Waals surface area contributed by atoms with E-state index in [4.69, 9.17) is 5.26 Å². The van der Waals surface area contributed by atoms with Crippen molar-refractivity contribution in [2.45, 2.75) is 38.5 Å². The zero-order valence-corrected chi connectivity index (χ0v) is 6.68. The van der Waals surface area contributed by atoms with Crippen LogP contribution in [-0.4, -0.2) is 5.78 Å². The minimum atomic E-state index is 0.409. The molecule has 0 spiro atoms. The average Bonchev–Trinajstić information content (AvgIpc) is 2.37. The Bertz CT molecular complexity index is 180. The van der Waals surface area contributed by atoms with E-state index >= 15 is 0 Å². The van der Waals surface area contributed by atoms with Gasteiger partial charge in [0.1, 0.15) is 5.78 Å². The number of ketones is 1. The largest absolute Gasteiger partial charge is 0.300 e. The molecular weight excluding hydrogens is 138 g/mol. The number of carbonyl (C=O) groups excluding carboxylic acids is 1. The maximum absolute atomic E-state index is 10.8. The number of Topliss-reactive ketones (excluding diaryl/α,β-unsaturated/α-hetero) is 1. The van der Waals surface area contributed by atoms with E-state index in [1.54, 1.807) is 0 Å². The normalized spacial score (nSPS) is 23.5. The highest BCUT2D eigenvalue weighted by atomic mass is 16.1. The quantitative estimate of drug-likeness (QED) is 0.579. The summed E-state index contributed by atoms with van der Waals surface area (Å²) in [6.07, 6.45) is 5.28. The fraction of sp³-hybridized carbons (Fsp3) is 0.778. The van der Waals surface area contributed by atoms with Crippen LogP contribution >= 0.6 is 0 Å². The summed E-state index contributed by atoms with van der Waals surface area (Å²) in [7, 11) is 0. The third-order valence-corrected chi connectivity index (χ3v) is 2.25. The molecule has 1 aliphatic carbocycles. The molecule has 2 nitrogen and oxygen atoms in total. The van der Waals surface area contributed by atoms with Gasteiger partial charge in [-0.3, -0.25) is 4.79 Å². The van der Waals surface area contributed by atoms with E-state index in [0.29, 0.717) is 18.1 Å². The van der Waals surface area contributed by atoms with Crippen LogP contribution in [0.25, 0.3) is 0 Å². The average molecular weight is 151 g/mol. The van der Waals surface area contributed by atoms with Crippen molar-refractivity contribution in [3.8, 4) is 6.07 Å². The van der Waals surface area contributed by atoms with Crippen LogP contribution in [0.4, 0.5) is 0 Å². The first-order valence-corrected chi connectivity index (χ1v) is 4.21. The molecule has 2 heteroatoms. The molecule has 0 heterocycles. The van der Waals surface area contributed by atoms with E-state index in [0.717, 1.165) is 32.1 Å². The first-order valence-electron chi connectivity index (χ1n) is 4.21. The number of nitriles is 1. The Kier molecular flexibility index (Phi) is 3.10. The maximum atomic E-state index is 10.8. The summed E-state index contributed by atoms with van der Waals surface area (Å²) in [5.74, 6) is 1.00. The standard InChI is InChI=1S/C9H13NO/c10-6-2-1-3-8-4-5-9(11)7-8/h8H,1-5,7H2. The molecule has 0 saturated heterocycles. The molecule has 60 valence electrons. The monoisotopic (exact) mass is 151 g/mol. The van der Waals surface area contributed by atoms with Crippen molar-refractivity contribution in [3.63, 3.8) is 0 Å². The van der Waals surface area contributed by atoms with Gasteiger partial charge in [-0.2, -0.15) is 5.26 Å². The fourth-order valence-corrected chi connectivity index (χ4v) is 1.61. The van der Waals surface area contributed by atoms with Crippen molar-refractivity contribution in [2.24, 2.45) is 5.92 Å². The summed E-state index contributed by atoms with van der Waals surface area (Å²) in [6.45, 7) is 0. The van der Waals surface area contributed by atoms with Gasteiger partial charge in [0.2, 0.25) is 0 Å². The predicted molar refractivity (Wildman–Crippen MR) is 41.8 cm³/mol. The van der Waals surface area contributed by atoms with Crippen molar-refractivity contribution in [1.82, 2.24) is 0 Å². The molecule has 0 bridgehead atoms. The van der Waals surface area contributed by atoms with E-state index in [1.807, 2.05) is 0 Å². The van der Waals surface area contributed by atoms with Gasteiger partial charge in [0.15, 0.2) is 0 Å². The van der Waals surface area contributed by atoms with Crippen LogP contribution in [0.3, 0.4) is 0 Å². The van der Waals surface area contributed by atoms with Gasteiger partial charge >= 0.3 is 0 Å². The minimum absolute atomic E-state index is 0.409. The molecule has 1 rings (SSSR count). The zero-order chi connectivity index (χ0) is 8.10. The first-order chi connectivity index (χ1) is 5.33. The molecule has 1 aliphatic rings. The van der Waals surface area contributed by atoms with Crippen LogP contribution in [0.15, 0.2) is 0 Å². The Morgan fingerprint density at radius 3 is 3.00 bits per heavy atom. The molecule has 0 aromatic heterocycles. The summed E-state index contributed by atoms with van der Waals surface area (Å²) < 4.78 is 0. The fourth-order valence-electron chi connectivity index (χ4n) is 1.61. The van der Waals surface area contributed by atoms with Crippen LogP contribution in [0, 0.1) is 17.2 Å². The topological polar surface area (TPSA) is 40.9 Å². The number of hydrogen-bond acceptors (Lipinski definition) is 2. The molecule has 0 amide bonds. The summed E-state index contributed by atoms with van der Waals surface area (Å²) in [5.41, 5.74) is 0. The molecule has 0 aromatic rings. The summed E-state index contributed by atoms with van der Waals surface area (Å²) in [6, 6.07) is 2.12. The number of hydrogen-bond donors (Lipinski definition) is 0. The maximum Gasteiger partial charge on any atom is 0.133 e. The summed E-state index contributed by atoms with van der Waals surface area (Å²) in [5, 5.41) is 8.28. The third-order valence-electron chi connectivity index (χ3n) is 2.25. The van der Waals surface area contributed by atoms with Crippen molar-refractivity contribution in [2.75, 3.05) is 0 Å². The van der Waals surface area contributed by atoms with Crippen LogP contribution in [0.5, 0.6) is 0 Å². The van der Waals surface area contributed by atoms with Crippen LogP contribution in [0.2, 0.25) is 0 Å². The molecule has 11 heavy (non-hydrogen) atoms. The van der Waals surface area contributed by atoms with Gasteiger partial charge in [-0.05, 0) is 25.2 Å². The molecule has 0 aliphatic heterocycles. The Labute approximate surface area is 67.2 Å². The molecule has 0 radical (unpaired) electrons. The van der Waals surface area contributed by atoms with Crippen LogP contribution in [-0.2, 0) is 4.79 Å². The van der Waals surface area contributed by atoms with E-state index in [1.165, 1.54) is 0 Å². The van der Waals surface area contributed by atoms with Gasteiger partial charge in [0.25, 0.3) is 0 Å². The highest BCUT2D eigenvalue weighted by molar-refractivity contribution is 5.80. The third kappa shape index (κ3) is 2.71. The first kappa shape index (κ1) is 8.26. The molecule has 1 unspecified atom stereocenters. The smallest absolute Gasteiger partial charge is 0.133 e. The lowest BCUT2D eigenvalue weighted by atomic mass is 10.0. The van der Waals surface area contributed by atoms with Gasteiger partial charge in [-0.25, -0.2) is 0 Å². The number of unbranched alkanes of at least 4 members (excludes halogenated alkanes) is 1. The molecule has 1 saturated carbocycles. The van der Waals surface area contributed by atoms with Crippen LogP contribution in [0.1, 0.15) is 38.5 Å². The lowest BCUT2D eigenvalue weighted by molar-refractivity contribution is -0.117. The molecular formula is C9H13NO. The van der Waals surface area contributed by atoms with E-state index in [-0.39, 0.29) is 0 Å². The van der Waals surface area contributed by atoms with Crippen LogP contribution < -0.4 is 0 Å². The Morgan fingerprint density at radius 2 is 2.45 bits per heavy atom. The van der Waals surface area contributed by atoms with Crippen molar-refractivity contribution in [3.05, 3.63) is 0 Å². The SMILES string of the molecule is N#CCCCC1CCC(=O)C1. The summed E-state index contributed by atoms with van der Waals surface area (Å²) >= 11 is 0. The van der Waals surface area contributed by atoms with Gasteiger partial charge in [0.05, 0.1) is 6.07 Å². The van der Waals surface area contributed by atoms with Gasteiger partial charge in [-0.15, -0.1) is 0 Å². The van der Waals surface area contributed by atoms with Crippen molar-refractivity contribution in [1.29, 1.82) is 5.26 Å². The number of rotatable bonds is 3. The molecule has 1 atom stereocenters. The Hall–Kier alpha value is -0.840.